The highest BCUT2D eigenvalue weighted by Crippen LogP contribution is 2.29. The highest BCUT2D eigenvalue weighted by Gasteiger charge is 2.24. The lowest BCUT2D eigenvalue weighted by molar-refractivity contribution is -0.119. The van der Waals surface area contributed by atoms with Gasteiger partial charge in [0.2, 0.25) is 5.91 Å². The lowest BCUT2D eigenvalue weighted by atomic mass is 10.1. The van der Waals surface area contributed by atoms with Crippen LogP contribution in [0.4, 0.5) is 10.1 Å². The summed E-state index contributed by atoms with van der Waals surface area (Å²) >= 11 is 0. The summed E-state index contributed by atoms with van der Waals surface area (Å²) in [4.78, 5) is 25.7. The van der Waals surface area contributed by atoms with Gasteiger partial charge in [-0.05, 0) is 37.1 Å². The van der Waals surface area contributed by atoms with E-state index in [0.29, 0.717) is 17.7 Å². The molecule has 27 heavy (non-hydrogen) atoms. The van der Waals surface area contributed by atoms with Crippen molar-refractivity contribution in [3.8, 4) is 5.75 Å². The number of nitrogens with zero attached hydrogens (tertiary/aromatic N) is 1. The Labute approximate surface area is 156 Å². The Bertz CT molecular complexity index is 1060. The van der Waals surface area contributed by atoms with Gasteiger partial charge in [0.05, 0.1) is 18.3 Å². The van der Waals surface area contributed by atoms with Gasteiger partial charge < -0.3 is 10.1 Å². The number of aromatic nitrogens is 1. The molecule has 0 saturated heterocycles. The quantitative estimate of drug-likeness (QED) is 0.739. The van der Waals surface area contributed by atoms with Crippen LogP contribution in [0.25, 0.3) is 10.9 Å². The molecule has 2 aromatic carbocycles. The van der Waals surface area contributed by atoms with Crippen molar-refractivity contribution in [3.63, 3.8) is 0 Å². The Kier molecular flexibility index (Phi) is 5.26. The second kappa shape index (κ2) is 7.61. The van der Waals surface area contributed by atoms with E-state index in [1.54, 1.807) is 25.1 Å². The molecule has 0 spiro atoms. The first-order valence-electron chi connectivity index (χ1n) is 8.72. The Hall–Kier alpha value is -3.15. The molecular weight excluding hydrogens is 347 g/mol. The zero-order valence-electron chi connectivity index (χ0n) is 15.5. The van der Waals surface area contributed by atoms with Crippen molar-refractivity contribution >= 4 is 22.5 Å². The molecule has 1 aromatic heterocycles. The number of methoxy groups -OCH3 is 1. The van der Waals surface area contributed by atoms with Gasteiger partial charge in [-0.25, -0.2) is 4.39 Å². The number of ether oxygens (including phenoxy) is 1. The van der Waals surface area contributed by atoms with E-state index in [0.717, 1.165) is 10.9 Å². The number of amides is 1. The smallest absolute Gasteiger partial charge is 0.252 e. The van der Waals surface area contributed by atoms with Crippen molar-refractivity contribution in [3.05, 3.63) is 70.3 Å². The van der Waals surface area contributed by atoms with Crippen LogP contribution in [-0.2, 0) is 4.79 Å². The van der Waals surface area contributed by atoms with Crippen LogP contribution in [0.1, 0.15) is 24.9 Å². The summed E-state index contributed by atoms with van der Waals surface area (Å²) in [6, 6.07) is 12.1. The summed E-state index contributed by atoms with van der Waals surface area (Å²) in [7, 11) is 1.52. The van der Waals surface area contributed by atoms with Crippen LogP contribution in [0.3, 0.4) is 0 Å². The van der Waals surface area contributed by atoms with Gasteiger partial charge in [0.1, 0.15) is 17.6 Å². The number of hydrogen-bond acceptors (Lipinski definition) is 3. The normalized spacial score (nSPS) is 12.0. The minimum Gasteiger partial charge on any atom is -0.495 e. The molecule has 1 atom stereocenters. The van der Waals surface area contributed by atoms with Gasteiger partial charge in [0, 0.05) is 11.5 Å². The van der Waals surface area contributed by atoms with Crippen molar-refractivity contribution in [2.45, 2.75) is 26.3 Å². The average Bonchev–Trinajstić information content (AvgIpc) is 2.66. The molecule has 1 amide bonds. The van der Waals surface area contributed by atoms with Gasteiger partial charge in [0.25, 0.3) is 5.56 Å². The van der Waals surface area contributed by atoms with Gasteiger partial charge in [-0.1, -0.05) is 31.2 Å². The Morgan fingerprint density at radius 2 is 1.96 bits per heavy atom. The molecule has 3 rings (SSSR count). The second-order valence-corrected chi connectivity index (χ2v) is 6.29. The zero-order chi connectivity index (χ0) is 19.6. The standard InChI is InChI=1S/C21H21FN2O3/c1-4-17(21(26)23-16-10-6-5-9-15(16)22)24-19(25)12-13(2)14-8-7-11-18(27-3)20(14)24/h5-12,17H,4H2,1-3H3,(H,23,26). The molecule has 1 unspecified atom stereocenters. The maximum atomic E-state index is 13.9. The second-order valence-electron chi connectivity index (χ2n) is 6.29. The van der Waals surface area contributed by atoms with Crippen molar-refractivity contribution < 1.29 is 13.9 Å². The molecule has 0 radical (unpaired) electrons. The molecule has 1 N–H and O–H groups in total. The van der Waals surface area contributed by atoms with Crippen LogP contribution < -0.4 is 15.6 Å². The summed E-state index contributed by atoms with van der Waals surface area (Å²) in [5.74, 6) is -0.481. The van der Waals surface area contributed by atoms with Crippen LogP contribution in [0, 0.1) is 12.7 Å². The SMILES string of the molecule is CCC(C(=O)Nc1ccccc1F)n1c(=O)cc(C)c2cccc(OC)c21. The number of anilines is 1. The van der Waals surface area contributed by atoms with E-state index in [4.69, 9.17) is 4.74 Å². The van der Waals surface area contributed by atoms with Crippen LogP contribution in [0.5, 0.6) is 5.75 Å². The van der Waals surface area contributed by atoms with E-state index < -0.39 is 17.8 Å². The van der Waals surface area contributed by atoms with Gasteiger partial charge in [-0.3, -0.25) is 14.2 Å². The van der Waals surface area contributed by atoms with E-state index in [1.165, 1.54) is 29.9 Å². The lowest BCUT2D eigenvalue weighted by Gasteiger charge is -2.22. The van der Waals surface area contributed by atoms with Crippen molar-refractivity contribution in [1.29, 1.82) is 0 Å². The summed E-state index contributed by atoms with van der Waals surface area (Å²) in [5, 5.41) is 3.41. The minimum absolute atomic E-state index is 0.0809. The number of para-hydroxylation sites is 2. The zero-order valence-corrected chi connectivity index (χ0v) is 15.5. The van der Waals surface area contributed by atoms with Crippen molar-refractivity contribution in [2.75, 3.05) is 12.4 Å². The van der Waals surface area contributed by atoms with Crippen LogP contribution in [0.2, 0.25) is 0 Å². The van der Waals surface area contributed by atoms with E-state index >= 15 is 0 Å². The van der Waals surface area contributed by atoms with E-state index in [9.17, 15) is 14.0 Å². The fourth-order valence-corrected chi connectivity index (χ4v) is 3.27. The third-order valence-corrected chi connectivity index (χ3v) is 4.59. The molecule has 140 valence electrons. The first-order chi connectivity index (χ1) is 13.0. The molecule has 0 saturated carbocycles. The van der Waals surface area contributed by atoms with E-state index in [-0.39, 0.29) is 11.2 Å². The number of nitrogens with one attached hydrogen (secondary N) is 1. The number of carbonyl (C=O) groups is 1. The Balaban J connectivity index is 2.15. The number of carbonyl (C=O) groups excluding carboxylic acids is 1. The predicted octanol–water partition coefficient (Wildman–Crippen LogP) is 4.05. The number of fused-ring (bicyclic) bond motifs is 1. The monoisotopic (exact) mass is 368 g/mol. The number of pyridine rings is 1. The van der Waals surface area contributed by atoms with Gasteiger partial charge in [-0.2, -0.15) is 0 Å². The summed E-state index contributed by atoms with van der Waals surface area (Å²) < 4.78 is 20.8. The molecular formula is C21H21FN2O3. The first-order valence-corrected chi connectivity index (χ1v) is 8.72. The fraction of sp³-hybridized carbons (Fsp3) is 0.238. The topological polar surface area (TPSA) is 60.3 Å². The molecule has 0 aliphatic heterocycles. The van der Waals surface area contributed by atoms with E-state index in [1.807, 2.05) is 19.1 Å². The highest BCUT2D eigenvalue weighted by atomic mass is 19.1. The number of rotatable bonds is 5. The summed E-state index contributed by atoms with van der Waals surface area (Å²) in [6.45, 7) is 3.65. The maximum absolute atomic E-state index is 13.9. The minimum atomic E-state index is -0.809. The molecule has 0 bridgehead atoms. The highest BCUT2D eigenvalue weighted by molar-refractivity contribution is 5.96. The fourth-order valence-electron chi connectivity index (χ4n) is 3.27. The lowest BCUT2D eigenvalue weighted by Crippen LogP contribution is -2.33. The molecule has 3 aromatic rings. The maximum Gasteiger partial charge on any atom is 0.252 e. The molecule has 1 heterocycles. The third kappa shape index (κ3) is 3.43. The molecule has 0 aliphatic carbocycles. The predicted molar refractivity (Wildman–Crippen MR) is 104 cm³/mol. The van der Waals surface area contributed by atoms with Gasteiger partial charge in [0.15, 0.2) is 0 Å². The van der Waals surface area contributed by atoms with Gasteiger partial charge >= 0.3 is 0 Å². The van der Waals surface area contributed by atoms with Crippen LogP contribution in [0.15, 0.2) is 53.3 Å². The Morgan fingerprint density at radius 3 is 2.63 bits per heavy atom. The Morgan fingerprint density at radius 1 is 1.22 bits per heavy atom. The first kappa shape index (κ1) is 18.6. The summed E-state index contributed by atoms with van der Waals surface area (Å²) in [6.07, 6.45) is 0.358. The molecule has 0 fully saturated rings. The summed E-state index contributed by atoms with van der Waals surface area (Å²) in [5.41, 5.74) is 1.13. The molecule has 5 nitrogen and oxygen atoms in total. The number of benzene rings is 2. The average molecular weight is 368 g/mol. The van der Waals surface area contributed by atoms with Crippen LogP contribution in [-0.4, -0.2) is 17.6 Å². The number of aryl methyl sites for hydroxylation is 1. The van der Waals surface area contributed by atoms with Crippen LogP contribution >= 0.6 is 0 Å². The van der Waals surface area contributed by atoms with Gasteiger partial charge in [-0.15, -0.1) is 0 Å². The number of hydrogen-bond donors (Lipinski definition) is 1. The van der Waals surface area contributed by atoms with Crippen molar-refractivity contribution in [2.24, 2.45) is 0 Å². The molecule has 0 aliphatic rings. The third-order valence-electron chi connectivity index (χ3n) is 4.59. The molecule has 6 heteroatoms. The largest absolute Gasteiger partial charge is 0.495 e. The van der Waals surface area contributed by atoms with Crippen molar-refractivity contribution in [1.82, 2.24) is 4.57 Å². The van der Waals surface area contributed by atoms with E-state index in [2.05, 4.69) is 5.32 Å². The number of halogens is 1.